The molecule has 3 heterocycles. The lowest BCUT2D eigenvalue weighted by atomic mass is 10.2. The van der Waals surface area contributed by atoms with Crippen LogP contribution < -0.4 is 16.1 Å². The molecule has 0 N–H and O–H groups in total. The third-order valence-corrected chi connectivity index (χ3v) is 5.29. The first-order chi connectivity index (χ1) is 14.6. The average Bonchev–Trinajstić information content (AvgIpc) is 2.80. The summed E-state index contributed by atoms with van der Waals surface area (Å²) in [5.41, 5.74) is 1.08. The number of aromatic nitrogens is 3. The molecular formula is C22H23N5O3. The second-order valence-corrected chi connectivity index (χ2v) is 7.21. The largest absolute Gasteiger partial charge is 0.368 e. The van der Waals surface area contributed by atoms with Crippen molar-refractivity contribution < 1.29 is 4.79 Å². The molecule has 4 rings (SSSR count). The number of benzene rings is 1. The lowest BCUT2D eigenvalue weighted by molar-refractivity contribution is -0.132. The minimum Gasteiger partial charge on any atom is -0.368 e. The molecule has 1 aromatic carbocycles. The van der Waals surface area contributed by atoms with E-state index in [0.29, 0.717) is 32.7 Å². The van der Waals surface area contributed by atoms with Crippen LogP contribution in [-0.2, 0) is 17.9 Å². The van der Waals surface area contributed by atoms with Crippen LogP contribution in [0.3, 0.4) is 0 Å². The van der Waals surface area contributed by atoms with Crippen LogP contribution in [0.2, 0.25) is 0 Å². The number of pyridine rings is 1. The van der Waals surface area contributed by atoms with Crippen molar-refractivity contribution >= 4 is 11.6 Å². The molecule has 8 nitrogen and oxygen atoms in total. The van der Waals surface area contributed by atoms with Crippen LogP contribution in [0.1, 0.15) is 5.56 Å². The summed E-state index contributed by atoms with van der Waals surface area (Å²) in [6.45, 7) is 2.57. The molecule has 0 spiro atoms. The minimum absolute atomic E-state index is 0.221. The predicted molar refractivity (Wildman–Crippen MR) is 114 cm³/mol. The molecule has 8 heteroatoms. The Morgan fingerprint density at radius 2 is 1.60 bits per heavy atom. The number of anilines is 1. The van der Waals surface area contributed by atoms with Gasteiger partial charge >= 0.3 is 5.69 Å². The Kier molecular flexibility index (Phi) is 5.74. The normalized spacial score (nSPS) is 14.0. The van der Waals surface area contributed by atoms with Gasteiger partial charge in [-0.15, -0.1) is 0 Å². The molecule has 0 radical (unpaired) electrons. The van der Waals surface area contributed by atoms with Crippen molar-refractivity contribution in [3.63, 3.8) is 0 Å². The molecule has 0 bridgehead atoms. The number of piperazine rings is 1. The van der Waals surface area contributed by atoms with Gasteiger partial charge in [0.05, 0.1) is 6.54 Å². The van der Waals surface area contributed by atoms with Gasteiger partial charge in [0.15, 0.2) is 0 Å². The van der Waals surface area contributed by atoms with E-state index in [1.807, 2.05) is 42.5 Å². The minimum atomic E-state index is -0.477. The van der Waals surface area contributed by atoms with Gasteiger partial charge in [-0.05, 0) is 17.7 Å². The first kappa shape index (κ1) is 19.6. The summed E-state index contributed by atoms with van der Waals surface area (Å²) in [7, 11) is 0. The standard InChI is InChI=1S/C22H23N5O3/c28-20-8-11-26(16-18-4-2-1-3-5-18)22(30)27(20)17-21(29)25-14-12-24(13-15-25)19-6-9-23-10-7-19/h1-11H,12-17H2. The molecule has 2 aromatic heterocycles. The Hall–Kier alpha value is -3.68. The van der Waals surface area contributed by atoms with Crippen molar-refractivity contribution in [3.8, 4) is 0 Å². The third-order valence-electron chi connectivity index (χ3n) is 5.29. The van der Waals surface area contributed by atoms with Gasteiger partial charge in [0, 0.05) is 56.5 Å². The van der Waals surface area contributed by atoms with Crippen LogP contribution in [-0.4, -0.2) is 51.1 Å². The number of carbonyl (C=O) groups is 1. The topological polar surface area (TPSA) is 80.4 Å². The van der Waals surface area contributed by atoms with Crippen molar-refractivity contribution in [3.05, 3.63) is 93.5 Å². The van der Waals surface area contributed by atoms with Crippen LogP contribution in [0.5, 0.6) is 0 Å². The maximum atomic E-state index is 12.8. The Bertz CT molecular complexity index is 1120. The summed E-state index contributed by atoms with van der Waals surface area (Å²) in [5.74, 6) is -0.221. The van der Waals surface area contributed by atoms with Gasteiger partial charge in [0.1, 0.15) is 6.54 Å². The first-order valence-electron chi connectivity index (χ1n) is 9.89. The second kappa shape index (κ2) is 8.77. The van der Waals surface area contributed by atoms with Gasteiger partial charge in [0.2, 0.25) is 5.91 Å². The second-order valence-electron chi connectivity index (χ2n) is 7.21. The zero-order chi connectivity index (χ0) is 20.9. The van der Waals surface area contributed by atoms with E-state index in [4.69, 9.17) is 0 Å². The number of carbonyl (C=O) groups excluding carboxylic acids is 1. The van der Waals surface area contributed by atoms with Gasteiger partial charge in [-0.1, -0.05) is 30.3 Å². The number of rotatable bonds is 5. The maximum Gasteiger partial charge on any atom is 0.331 e. The Labute approximate surface area is 173 Å². The van der Waals surface area contributed by atoms with Crippen molar-refractivity contribution in [1.29, 1.82) is 0 Å². The molecule has 3 aromatic rings. The molecule has 0 aliphatic carbocycles. The summed E-state index contributed by atoms with van der Waals surface area (Å²) in [6.07, 6.45) is 4.97. The van der Waals surface area contributed by atoms with Crippen molar-refractivity contribution in [1.82, 2.24) is 19.0 Å². The van der Waals surface area contributed by atoms with Gasteiger partial charge in [-0.2, -0.15) is 0 Å². The summed E-state index contributed by atoms with van der Waals surface area (Å²) in [6, 6.07) is 14.7. The van der Waals surface area contributed by atoms with Gasteiger partial charge in [-0.25, -0.2) is 4.79 Å². The average molecular weight is 405 g/mol. The van der Waals surface area contributed by atoms with Crippen LogP contribution in [0.15, 0.2) is 76.7 Å². The molecule has 1 fully saturated rings. The highest BCUT2D eigenvalue weighted by Gasteiger charge is 2.22. The van der Waals surface area contributed by atoms with Gasteiger partial charge < -0.3 is 9.80 Å². The van der Waals surface area contributed by atoms with Gasteiger partial charge in [0.25, 0.3) is 5.56 Å². The molecule has 1 aliphatic rings. The van der Waals surface area contributed by atoms with Crippen LogP contribution in [0.25, 0.3) is 0 Å². The fraction of sp³-hybridized carbons (Fsp3) is 0.273. The Balaban J connectivity index is 1.44. The fourth-order valence-electron chi connectivity index (χ4n) is 3.61. The first-order valence-corrected chi connectivity index (χ1v) is 9.89. The SMILES string of the molecule is O=C(Cn1c(=O)ccn(Cc2ccccc2)c1=O)N1CCN(c2ccncc2)CC1. The fourth-order valence-corrected chi connectivity index (χ4v) is 3.61. The van der Waals surface area contributed by atoms with E-state index in [9.17, 15) is 14.4 Å². The molecule has 1 aliphatic heterocycles. The van der Waals surface area contributed by atoms with Gasteiger partial charge in [-0.3, -0.25) is 23.7 Å². The highest BCUT2D eigenvalue weighted by Crippen LogP contribution is 2.14. The zero-order valence-corrected chi connectivity index (χ0v) is 16.6. The molecular weight excluding hydrogens is 382 g/mol. The maximum absolute atomic E-state index is 12.8. The van der Waals surface area contributed by atoms with Crippen LogP contribution >= 0.6 is 0 Å². The highest BCUT2D eigenvalue weighted by molar-refractivity contribution is 5.76. The van der Waals surface area contributed by atoms with Crippen LogP contribution in [0, 0.1) is 0 Å². The van der Waals surface area contributed by atoms with Crippen molar-refractivity contribution in [2.45, 2.75) is 13.1 Å². The molecule has 30 heavy (non-hydrogen) atoms. The summed E-state index contributed by atoms with van der Waals surface area (Å²) >= 11 is 0. The summed E-state index contributed by atoms with van der Waals surface area (Å²) in [5, 5.41) is 0. The number of nitrogens with zero attached hydrogens (tertiary/aromatic N) is 5. The number of amides is 1. The lowest BCUT2D eigenvalue weighted by Gasteiger charge is -2.36. The van der Waals surface area contributed by atoms with E-state index in [2.05, 4.69) is 9.88 Å². The zero-order valence-electron chi connectivity index (χ0n) is 16.6. The molecule has 1 saturated heterocycles. The molecule has 154 valence electrons. The van der Waals surface area contributed by atoms with E-state index in [0.717, 1.165) is 15.8 Å². The monoisotopic (exact) mass is 405 g/mol. The Morgan fingerprint density at radius 1 is 0.900 bits per heavy atom. The number of hydrogen-bond acceptors (Lipinski definition) is 5. The van der Waals surface area contributed by atoms with E-state index in [-0.39, 0.29) is 12.5 Å². The van der Waals surface area contributed by atoms with Crippen molar-refractivity contribution in [2.24, 2.45) is 0 Å². The smallest absolute Gasteiger partial charge is 0.331 e. The summed E-state index contributed by atoms with van der Waals surface area (Å²) < 4.78 is 2.46. The quantitative estimate of drug-likeness (QED) is 0.627. The molecule has 0 saturated carbocycles. The molecule has 0 unspecified atom stereocenters. The van der Waals surface area contributed by atoms with Crippen LogP contribution in [0.4, 0.5) is 5.69 Å². The lowest BCUT2D eigenvalue weighted by Crippen LogP contribution is -2.51. The molecule has 1 amide bonds. The van der Waals surface area contributed by atoms with E-state index < -0.39 is 11.2 Å². The highest BCUT2D eigenvalue weighted by atomic mass is 16.2. The third kappa shape index (κ3) is 4.32. The van der Waals surface area contributed by atoms with Crippen molar-refractivity contribution in [2.75, 3.05) is 31.1 Å². The summed E-state index contributed by atoms with van der Waals surface area (Å²) in [4.78, 5) is 45.7. The van der Waals surface area contributed by atoms with E-state index >= 15 is 0 Å². The number of hydrogen-bond donors (Lipinski definition) is 0. The molecule has 0 atom stereocenters. The predicted octanol–water partition coefficient (Wildman–Crippen LogP) is 0.802. The Morgan fingerprint density at radius 3 is 2.30 bits per heavy atom. The van der Waals surface area contributed by atoms with E-state index in [1.165, 1.54) is 16.8 Å². The van der Waals surface area contributed by atoms with E-state index in [1.54, 1.807) is 17.3 Å².